The van der Waals surface area contributed by atoms with Gasteiger partial charge in [-0.05, 0) is 78.0 Å². The highest BCUT2D eigenvalue weighted by atomic mass is 79.9. The second-order valence-corrected chi connectivity index (χ2v) is 11.1. The molecule has 0 bridgehead atoms. The number of nitrogens with one attached hydrogen (secondary N) is 1. The van der Waals surface area contributed by atoms with Crippen LogP contribution in [0.4, 0.5) is 11.5 Å². The second kappa shape index (κ2) is 9.36. The molecule has 0 radical (unpaired) electrons. The molecule has 0 spiro atoms. The first-order valence-electron chi connectivity index (χ1n) is 11.0. The second-order valence-electron chi connectivity index (χ2n) is 8.33. The van der Waals surface area contributed by atoms with Gasteiger partial charge in [0.25, 0.3) is 0 Å². The van der Waals surface area contributed by atoms with Gasteiger partial charge in [0.1, 0.15) is 11.9 Å². The normalized spacial score (nSPS) is 18.6. The molecule has 0 atom stereocenters. The number of hydrogen-bond acceptors (Lipinski definition) is 7. The average molecular weight is 542 g/mol. The van der Waals surface area contributed by atoms with Crippen LogP contribution in [0.25, 0.3) is 5.65 Å². The topological polar surface area (TPSA) is 112 Å². The molecule has 0 amide bonds. The van der Waals surface area contributed by atoms with Crippen molar-refractivity contribution in [2.24, 2.45) is 5.73 Å². The highest BCUT2D eigenvalue weighted by Crippen LogP contribution is 2.29. The minimum absolute atomic E-state index is 0.0757. The Bertz CT molecular complexity index is 1400. The summed E-state index contributed by atoms with van der Waals surface area (Å²) in [6.07, 6.45) is 5.42. The molecule has 0 saturated heterocycles. The zero-order chi connectivity index (χ0) is 23.7. The van der Waals surface area contributed by atoms with Crippen LogP contribution in [0.5, 0.6) is 5.88 Å². The molecule has 1 aliphatic carbocycles. The fraction of sp³-hybridized carbons (Fsp3) is 0.250. The van der Waals surface area contributed by atoms with E-state index >= 15 is 0 Å². The molecule has 2 aromatic carbocycles. The SMILES string of the molecule is NC1CCC(Oc2cc(Nc3ccc(S(=O)(=O)c4ccccc4)cc3)n3ncc(Br)c3n2)CC1. The van der Waals surface area contributed by atoms with Crippen LogP contribution >= 0.6 is 15.9 Å². The van der Waals surface area contributed by atoms with Crippen LogP contribution in [0.2, 0.25) is 0 Å². The van der Waals surface area contributed by atoms with Gasteiger partial charge >= 0.3 is 0 Å². The average Bonchev–Trinajstić information content (AvgIpc) is 3.22. The van der Waals surface area contributed by atoms with Crippen molar-refractivity contribution < 1.29 is 13.2 Å². The molecular weight excluding hydrogens is 518 g/mol. The first kappa shape index (κ1) is 22.8. The molecule has 1 aliphatic rings. The van der Waals surface area contributed by atoms with E-state index in [1.54, 1.807) is 71.4 Å². The number of aromatic nitrogens is 3. The molecule has 1 fully saturated rings. The number of anilines is 2. The molecule has 0 aliphatic heterocycles. The van der Waals surface area contributed by atoms with Crippen molar-refractivity contribution in [2.75, 3.05) is 5.32 Å². The molecule has 8 nitrogen and oxygen atoms in total. The molecule has 176 valence electrons. The maximum atomic E-state index is 12.9. The molecule has 34 heavy (non-hydrogen) atoms. The molecule has 5 rings (SSSR count). The van der Waals surface area contributed by atoms with Gasteiger partial charge in [-0.15, -0.1) is 0 Å². The van der Waals surface area contributed by atoms with Crippen molar-refractivity contribution in [1.82, 2.24) is 14.6 Å². The van der Waals surface area contributed by atoms with Crippen molar-refractivity contribution in [2.45, 2.75) is 47.6 Å². The van der Waals surface area contributed by atoms with E-state index in [1.165, 1.54) is 0 Å². The maximum absolute atomic E-state index is 12.9. The molecule has 2 aromatic heterocycles. The summed E-state index contributed by atoms with van der Waals surface area (Å²) in [5.74, 6) is 1.15. The Balaban J connectivity index is 1.41. The lowest BCUT2D eigenvalue weighted by Gasteiger charge is -2.26. The number of sulfone groups is 1. The van der Waals surface area contributed by atoms with Gasteiger partial charge in [-0.1, -0.05) is 18.2 Å². The molecule has 0 unspecified atom stereocenters. The summed E-state index contributed by atoms with van der Waals surface area (Å²) >= 11 is 3.49. The summed E-state index contributed by atoms with van der Waals surface area (Å²) in [5.41, 5.74) is 7.34. The van der Waals surface area contributed by atoms with Gasteiger partial charge < -0.3 is 15.8 Å². The van der Waals surface area contributed by atoms with Crippen LogP contribution in [0, 0.1) is 0 Å². The van der Waals surface area contributed by atoms with E-state index in [4.69, 9.17) is 10.5 Å². The zero-order valence-corrected chi connectivity index (χ0v) is 20.7. The number of halogens is 1. The summed E-state index contributed by atoms with van der Waals surface area (Å²) in [6, 6.07) is 17.1. The highest BCUT2D eigenvalue weighted by Gasteiger charge is 2.22. The number of fused-ring (bicyclic) bond motifs is 1. The standard InChI is InChI=1S/C24H24BrN5O3S/c25-21-15-27-30-22(14-23(29-24(21)30)33-18-10-6-16(26)7-11-18)28-17-8-12-20(13-9-17)34(31,32)19-4-2-1-3-5-19/h1-5,8-9,12-16,18,28H,6-7,10-11,26H2. The number of hydrogen-bond donors (Lipinski definition) is 2. The van der Waals surface area contributed by atoms with E-state index in [0.717, 1.165) is 30.2 Å². The summed E-state index contributed by atoms with van der Waals surface area (Å²) in [6.45, 7) is 0. The van der Waals surface area contributed by atoms with E-state index in [2.05, 4.69) is 31.3 Å². The Morgan fingerprint density at radius 3 is 2.38 bits per heavy atom. The lowest BCUT2D eigenvalue weighted by Crippen LogP contribution is -2.31. The maximum Gasteiger partial charge on any atom is 0.219 e. The molecule has 2 heterocycles. The predicted molar refractivity (Wildman–Crippen MR) is 133 cm³/mol. The number of nitrogens with two attached hydrogens (primary N) is 1. The van der Waals surface area contributed by atoms with Gasteiger partial charge in [0.2, 0.25) is 15.7 Å². The highest BCUT2D eigenvalue weighted by molar-refractivity contribution is 9.10. The van der Waals surface area contributed by atoms with Crippen LogP contribution in [0.1, 0.15) is 25.7 Å². The molecule has 1 saturated carbocycles. The molecule has 10 heteroatoms. The van der Waals surface area contributed by atoms with Crippen molar-refractivity contribution in [1.29, 1.82) is 0 Å². The molecule has 3 N–H and O–H groups in total. The number of rotatable bonds is 6. The van der Waals surface area contributed by atoms with Gasteiger partial charge in [-0.3, -0.25) is 0 Å². The first-order chi connectivity index (χ1) is 16.4. The quantitative estimate of drug-likeness (QED) is 0.363. The van der Waals surface area contributed by atoms with E-state index < -0.39 is 9.84 Å². The molecular formula is C24H24BrN5O3S. The predicted octanol–water partition coefficient (Wildman–Crippen LogP) is 4.72. The first-order valence-corrected chi connectivity index (χ1v) is 13.3. The van der Waals surface area contributed by atoms with Crippen molar-refractivity contribution in [3.8, 4) is 5.88 Å². The van der Waals surface area contributed by atoms with E-state index in [1.807, 2.05) is 0 Å². The van der Waals surface area contributed by atoms with Crippen molar-refractivity contribution >= 4 is 42.9 Å². The lowest BCUT2D eigenvalue weighted by molar-refractivity contribution is 0.141. The van der Waals surface area contributed by atoms with Crippen LogP contribution < -0.4 is 15.8 Å². The Kier molecular flexibility index (Phi) is 6.28. The van der Waals surface area contributed by atoms with Gasteiger partial charge in [0, 0.05) is 17.8 Å². The Hall–Kier alpha value is -2.95. The summed E-state index contributed by atoms with van der Waals surface area (Å²) in [5, 5.41) is 7.69. The van der Waals surface area contributed by atoms with Gasteiger partial charge in [0.05, 0.1) is 20.5 Å². The number of nitrogens with zero attached hydrogens (tertiary/aromatic N) is 3. The minimum atomic E-state index is -3.58. The molecule has 4 aromatic rings. The summed E-state index contributed by atoms with van der Waals surface area (Å²) in [7, 11) is -3.58. The third kappa shape index (κ3) is 4.66. The monoisotopic (exact) mass is 541 g/mol. The van der Waals surface area contributed by atoms with E-state index in [-0.39, 0.29) is 21.9 Å². The zero-order valence-electron chi connectivity index (χ0n) is 18.3. The smallest absolute Gasteiger partial charge is 0.219 e. The van der Waals surface area contributed by atoms with Crippen molar-refractivity contribution in [3.05, 3.63) is 71.3 Å². The fourth-order valence-electron chi connectivity index (χ4n) is 4.04. The van der Waals surface area contributed by atoms with Crippen molar-refractivity contribution in [3.63, 3.8) is 0 Å². The number of benzene rings is 2. The van der Waals surface area contributed by atoms with Gasteiger partial charge in [0.15, 0.2) is 5.65 Å². The summed E-state index contributed by atoms with van der Waals surface area (Å²) < 4.78 is 34.3. The van der Waals surface area contributed by atoms with Gasteiger partial charge in [-0.25, -0.2) is 8.42 Å². The fourth-order valence-corrected chi connectivity index (χ4v) is 5.67. The third-order valence-corrected chi connectivity index (χ3v) is 8.25. The lowest BCUT2D eigenvalue weighted by atomic mass is 9.94. The summed E-state index contributed by atoms with van der Waals surface area (Å²) in [4.78, 5) is 5.10. The minimum Gasteiger partial charge on any atom is -0.474 e. The van der Waals surface area contributed by atoms with E-state index in [9.17, 15) is 8.42 Å². The Labute approximate surface area is 206 Å². The largest absolute Gasteiger partial charge is 0.474 e. The van der Waals surface area contributed by atoms with Crippen LogP contribution in [0.15, 0.2) is 81.1 Å². The Morgan fingerprint density at radius 2 is 1.68 bits per heavy atom. The Morgan fingerprint density at radius 1 is 1.00 bits per heavy atom. The van der Waals surface area contributed by atoms with Crippen LogP contribution in [0.3, 0.4) is 0 Å². The number of ether oxygens (including phenoxy) is 1. The van der Waals surface area contributed by atoms with E-state index in [0.29, 0.717) is 23.0 Å². The third-order valence-electron chi connectivity index (χ3n) is 5.90. The van der Waals surface area contributed by atoms with Crippen LogP contribution in [-0.4, -0.2) is 35.2 Å². The van der Waals surface area contributed by atoms with Crippen LogP contribution in [-0.2, 0) is 9.84 Å². The van der Waals surface area contributed by atoms with Gasteiger partial charge in [-0.2, -0.15) is 14.6 Å².